The lowest BCUT2D eigenvalue weighted by atomic mass is 10.2. The molecule has 120 valence electrons. The number of carbonyl (C=O) groups is 1. The number of aryl methyl sites for hydroxylation is 1. The number of hydrogen-bond donors (Lipinski definition) is 2. The molecular weight excluding hydrogens is 308 g/mol. The number of nitro groups is 1. The number of nitrogens with one attached hydrogen (secondary N) is 2. The van der Waals surface area contributed by atoms with Gasteiger partial charge in [0, 0.05) is 29.7 Å². The van der Waals surface area contributed by atoms with Crippen molar-refractivity contribution >= 4 is 23.0 Å². The highest BCUT2D eigenvalue weighted by molar-refractivity contribution is 6.06. The first-order chi connectivity index (χ1) is 11.5. The quantitative estimate of drug-likeness (QED) is 0.380. The van der Waals surface area contributed by atoms with E-state index in [2.05, 4.69) is 10.6 Å². The molecule has 0 aliphatic heterocycles. The van der Waals surface area contributed by atoms with Gasteiger partial charge in [-0.1, -0.05) is 23.8 Å². The average molecular weight is 322 g/mol. The van der Waals surface area contributed by atoms with E-state index in [1.165, 1.54) is 24.4 Å². The van der Waals surface area contributed by atoms with Crippen molar-refractivity contribution < 1.29 is 9.72 Å². The van der Waals surface area contributed by atoms with Gasteiger partial charge in [0.05, 0.1) is 4.92 Å². The number of nitro benzene ring substituents is 1. The highest BCUT2D eigenvalue weighted by Crippen LogP contribution is 2.17. The van der Waals surface area contributed by atoms with Gasteiger partial charge in [-0.15, -0.1) is 0 Å². The van der Waals surface area contributed by atoms with Crippen LogP contribution in [0.1, 0.15) is 5.56 Å². The summed E-state index contributed by atoms with van der Waals surface area (Å²) in [6.07, 6.45) is 1.21. The first-order valence-electron chi connectivity index (χ1n) is 6.99. The Hall–Kier alpha value is -3.66. The van der Waals surface area contributed by atoms with Crippen LogP contribution in [-0.4, -0.2) is 10.8 Å². The molecule has 0 aliphatic rings. The predicted octanol–water partition coefficient (Wildman–Crippen LogP) is 3.36. The lowest BCUT2D eigenvalue weighted by molar-refractivity contribution is -0.384. The molecular formula is C17H14N4O3. The number of amides is 1. The number of nitrogens with zero attached hydrogens (tertiary/aromatic N) is 2. The van der Waals surface area contributed by atoms with E-state index in [-0.39, 0.29) is 11.3 Å². The maximum Gasteiger partial charge on any atom is 0.271 e. The monoisotopic (exact) mass is 322 g/mol. The number of nitriles is 1. The molecule has 24 heavy (non-hydrogen) atoms. The molecule has 1 amide bonds. The van der Waals surface area contributed by atoms with Gasteiger partial charge in [0.15, 0.2) is 0 Å². The van der Waals surface area contributed by atoms with Crippen LogP contribution in [0.4, 0.5) is 17.1 Å². The molecule has 0 saturated carbocycles. The number of rotatable bonds is 5. The second-order valence-electron chi connectivity index (χ2n) is 4.94. The van der Waals surface area contributed by atoms with Gasteiger partial charge < -0.3 is 10.6 Å². The Bertz CT molecular complexity index is 836. The van der Waals surface area contributed by atoms with Gasteiger partial charge in [-0.2, -0.15) is 5.26 Å². The predicted molar refractivity (Wildman–Crippen MR) is 90.2 cm³/mol. The van der Waals surface area contributed by atoms with Crippen molar-refractivity contribution in [3.8, 4) is 6.07 Å². The minimum Gasteiger partial charge on any atom is -0.360 e. The number of anilines is 2. The Morgan fingerprint density at radius 1 is 1.21 bits per heavy atom. The van der Waals surface area contributed by atoms with E-state index in [1.54, 1.807) is 24.3 Å². The standard InChI is InChI=1S/C17H14N4O3/c1-12-5-7-14(8-6-12)20-17(22)13(10-18)11-19-15-3-2-4-16(9-15)21(23)24/h2-9,11,19H,1H3,(H,20,22)/b13-11-. The average Bonchev–Trinajstić information content (AvgIpc) is 2.57. The zero-order valence-electron chi connectivity index (χ0n) is 12.8. The normalized spacial score (nSPS) is 10.6. The van der Waals surface area contributed by atoms with E-state index < -0.39 is 10.8 Å². The Morgan fingerprint density at radius 2 is 1.92 bits per heavy atom. The molecule has 0 aliphatic carbocycles. The summed E-state index contributed by atoms with van der Waals surface area (Å²) in [4.78, 5) is 22.3. The molecule has 0 fully saturated rings. The molecule has 0 spiro atoms. The third kappa shape index (κ3) is 4.42. The highest BCUT2D eigenvalue weighted by atomic mass is 16.6. The van der Waals surface area contributed by atoms with E-state index in [0.717, 1.165) is 5.56 Å². The van der Waals surface area contributed by atoms with Gasteiger partial charge in [-0.3, -0.25) is 14.9 Å². The summed E-state index contributed by atoms with van der Waals surface area (Å²) in [5.41, 5.74) is 1.79. The second-order valence-corrected chi connectivity index (χ2v) is 4.94. The zero-order chi connectivity index (χ0) is 17.5. The summed E-state index contributed by atoms with van der Waals surface area (Å²) in [6, 6.07) is 14.7. The maximum absolute atomic E-state index is 12.1. The number of non-ortho nitro benzene ring substituents is 1. The van der Waals surface area contributed by atoms with Crippen LogP contribution in [0, 0.1) is 28.4 Å². The first kappa shape index (κ1) is 16.7. The lowest BCUT2D eigenvalue weighted by Gasteiger charge is -2.05. The summed E-state index contributed by atoms with van der Waals surface area (Å²) in [5, 5.41) is 25.2. The summed E-state index contributed by atoms with van der Waals surface area (Å²) < 4.78 is 0. The van der Waals surface area contributed by atoms with Crippen LogP contribution in [0.2, 0.25) is 0 Å². The molecule has 0 unspecified atom stereocenters. The summed E-state index contributed by atoms with van der Waals surface area (Å²) >= 11 is 0. The molecule has 0 atom stereocenters. The van der Waals surface area contributed by atoms with Crippen LogP contribution in [0.15, 0.2) is 60.3 Å². The summed E-state index contributed by atoms with van der Waals surface area (Å²) in [7, 11) is 0. The van der Waals surface area contributed by atoms with Crippen LogP contribution in [0.3, 0.4) is 0 Å². The topological polar surface area (TPSA) is 108 Å². The Morgan fingerprint density at radius 3 is 2.54 bits per heavy atom. The van der Waals surface area contributed by atoms with Crippen LogP contribution in [0.25, 0.3) is 0 Å². The number of benzene rings is 2. The number of carbonyl (C=O) groups excluding carboxylic acids is 1. The molecule has 0 aromatic heterocycles. The lowest BCUT2D eigenvalue weighted by Crippen LogP contribution is -2.14. The van der Waals surface area contributed by atoms with Crippen LogP contribution < -0.4 is 10.6 Å². The third-order valence-corrected chi connectivity index (χ3v) is 3.11. The fraction of sp³-hybridized carbons (Fsp3) is 0.0588. The minimum atomic E-state index is -0.570. The van der Waals surface area contributed by atoms with Crippen molar-refractivity contribution in [2.24, 2.45) is 0 Å². The SMILES string of the molecule is Cc1ccc(NC(=O)/C(C#N)=C\Nc2cccc([N+](=O)[O-])c2)cc1. The van der Waals surface area contributed by atoms with Crippen molar-refractivity contribution in [3.63, 3.8) is 0 Å². The summed E-state index contributed by atoms with van der Waals surface area (Å²) in [5.74, 6) is -0.570. The molecule has 2 N–H and O–H groups in total. The molecule has 2 aromatic rings. The van der Waals surface area contributed by atoms with Gasteiger partial charge in [-0.25, -0.2) is 0 Å². The highest BCUT2D eigenvalue weighted by Gasteiger charge is 2.10. The Kier molecular flexibility index (Phi) is 5.26. The first-order valence-corrected chi connectivity index (χ1v) is 6.99. The van der Waals surface area contributed by atoms with Gasteiger partial charge in [0.25, 0.3) is 11.6 Å². The minimum absolute atomic E-state index is 0.0870. The maximum atomic E-state index is 12.1. The van der Waals surface area contributed by atoms with Crippen molar-refractivity contribution in [1.29, 1.82) is 5.26 Å². The van der Waals surface area contributed by atoms with E-state index in [9.17, 15) is 14.9 Å². The molecule has 7 heteroatoms. The molecule has 2 aromatic carbocycles. The Labute approximate surface area is 138 Å². The fourth-order valence-corrected chi connectivity index (χ4v) is 1.85. The van der Waals surface area contributed by atoms with Crippen molar-refractivity contribution in [3.05, 3.63) is 76.0 Å². The zero-order valence-corrected chi connectivity index (χ0v) is 12.8. The van der Waals surface area contributed by atoms with Crippen LogP contribution >= 0.6 is 0 Å². The van der Waals surface area contributed by atoms with Gasteiger partial charge in [0.1, 0.15) is 11.6 Å². The van der Waals surface area contributed by atoms with E-state index >= 15 is 0 Å². The molecule has 0 saturated heterocycles. The second kappa shape index (κ2) is 7.56. The van der Waals surface area contributed by atoms with Gasteiger partial charge in [-0.05, 0) is 25.1 Å². The van der Waals surface area contributed by atoms with Crippen LogP contribution in [0.5, 0.6) is 0 Å². The Balaban J connectivity index is 2.10. The van der Waals surface area contributed by atoms with Crippen molar-refractivity contribution in [2.45, 2.75) is 6.92 Å². The molecule has 0 heterocycles. The molecule has 7 nitrogen and oxygen atoms in total. The van der Waals surface area contributed by atoms with E-state index in [4.69, 9.17) is 5.26 Å². The van der Waals surface area contributed by atoms with Crippen molar-refractivity contribution in [2.75, 3.05) is 10.6 Å². The van der Waals surface area contributed by atoms with Crippen LogP contribution in [-0.2, 0) is 4.79 Å². The van der Waals surface area contributed by atoms with E-state index in [1.807, 2.05) is 19.1 Å². The molecule has 2 rings (SSSR count). The molecule has 0 bridgehead atoms. The molecule has 0 radical (unpaired) electrons. The summed E-state index contributed by atoms with van der Waals surface area (Å²) in [6.45, 7) is 1.93. The smallest absolute Gasteiger partial charge is 0.271 e. The van der Waals surface area contributed by atoms with Crippen molar-refractivity contribution in [1.82, 2.24) is 0 Å². The third-order valence-electron chi connectivity index (χ3n) is 3.11. The van der Waals surface area contributed by atoms with E-state index in [0.29, 0.717) is 11.4 Å². The van der Waals surface area contributed by atoms with Gasteiger partial charge >= 0.3 is 0 Å². The fourth-order valence-electron chi connectivity index (χ4n) is 1.85. The largest absolute Gasteiger partial charge is 0.360 e. The van der Waals surface area contributed by atoms with Gasteiger partial charge in [0.2, 0.25) is 0 Å². The number of hydrogen-bond acceptors (Lipinski definition) is 5.